The van der Waals surface area contributed by atoms with Gasteiger partial charge in [0.25, 0.3) is 0 Å². The normalized spacial score (nSPS) is 48.7. The van der Waals surface area contributed by atoms with Crippen molar-refractivity contribution in [3.05, 3.63) is 0 Å². The number of rotatable bonds is 2. The minimum Gasteiger partial charge on any atom is -0.373 e. The molecule has 4 saturated carbocycles. The predicted octanol–water partition coefficient (Wildman–Crippen LogP) is 3.07. The highest BCUT2D eigenvalue weighted by Gasteiger charge is 2.52. The van der Waals surface area contributed by atoms with Crippen LogP contribution in [0.5, 0.6) is 0 Å². The van der Waals surface area contributed by atoms with Crippen molar-refractivity contribution >= 4 is 21.8 Å². The van der Waals surface area contributed by atoms with Gasteiger partial charge in [0.2, 0.25) is 5.91 Å². The molecule has 0 aromatic heterocycles. The highest BCUT2D eigenvalue weighted by Crippen LogP contribution is 2.57. The molecule has 4 bridgehead atoms. The Balaban J connectivity index is 1.51. The quantitative estimate of drug-likeness (QED) is 0.712. The van der Waals surface area contributed by atoms with Gasteiger partial charge in [-0.25, -0.2) is 0 Å². The van der Waals surface area contributed by atoms with Crippen LogP contribution in [0.2, 0.25) is 0 Å². The number of morpholine rings is 1. The standard InChI is InChI=1S/C17H26BrNO2/c1-10-9-21-15(7-18)8-19(10)17(20)16-13-3-11-2-12(5-13)6-14(16)4-11/h10-16H,2-9H2,1H3. The molecule has 0 N–H and O–H groups in total. The Morgan fingerprint density at radius 1 is 1.14 bits per heavy atom. The molecule has 5 fully saturated rings. The van der Waals surface area contributed by atoms with Crippen LogP contribution in [0.15, 0.2) is 0 Å². The van der Waals surface area contributed by atoms with E-state index in [9.17, 15) is 4.79 Å². The van der Waals surface area contributed by atoms with Gasteiger partial charge in [0.05, 0.1) is 18.8 Å². The zero-order valence-electron chi connectivity index (χ0n) is 12.8. The molecule has 1 heterocycles. The molecule has 5 aliphatic rings. The fraction of sp³-hybridized carbons (Fsp3) is 0.941. The lowest BCUT2D eigenvalue weighted by molar-refractivity contribution is -0.160. The van der Waals surface area contributed by atoms with Gasteiger partial charge in [-0.1, -0.05) is 15.9 Å². The van der Waals surface area contributed by atoms with E-state index in [4.69, 9.17) is 4.74 Å². The number of amides is 1. The first-order valence-corrected chi connectivity index (χ1v) is 9.76. The molecule has 118 valence electrons. The second kappa shape index (κ2) is 5.52. The van der Waals surface area contributed by atoms with Crippen LogP contribution in [0.1, 0.15) is 39.0 Å². The number of carbonyl (C=O) groups excluding carboxylic acids is 1. The Morgan fingerprint density at radius 3 is 2.33 bits per heavy atom. The van der Waals surface area contributed by atoms with Crippen molar-refractivity contribution in [1.29, 1.82) is 0 Å². The third-order valence-electron chi connectivity index (χ3n) is 6.47. The van der Waals surface area contributed by atoms with Gasteiger partial charge in [0, 0.05) is 17.8 Å². The Bertz CT molecular complexity index is 399. The number of ether oxygens (including phenoxy) is 1. The van der Waals surface area contributed by atoms with Gasteiger partial charge in [-0.15, -0.1) is 0 Å². The molecule has 0 aromatic rings. The van der Waals surface area contributed by atoms with E-state index in [-0.39, 0.29) is 12.1 Å². The molecule has 0 aromatic carbocycles. The fourth-order valence-electron chi connectivity index (χ4n) is 5.74. The summed E-state index contributed by atoms with van der Waals surface area (Å²) in [4.78, 5) is 15.4. The average molecular weight is 356 g/mol. The number of carbonyl (C=O) groups is 1. The predicted molar refractivity (Wildman–Crippen MR) is 85.2 cm³/mol. The van der Waals surface area contributed by atoms with E-state index >= 15 is 0 Å². The van der Waals surface area contributed by atoms with Crippen molar-refractivity contribution in [3.8, 4) is 0 Å². The Kier molecular flexibility index (Phi) is 3.81. The number of hydrogen-bond acceptors (Lipinski definition) is 2. The third-order valence-corrected chi connectivity index (χ3v) is 7.19. The van der Waals surface area contributed by atoms with Gasteiger partial charge in [-0.2, -0.15) is 0 Å². The largest absolute Gasteiger partial charge is 0.373 e. The molecular weight excluding hydrogens is 330 g/mol. The third kappa shape index (κ3) is 2.46. The highest BCUT2D eigenvalue weighted by molar-refractivity contribution is 9.09. The van der Waals surface area contributed by atoms with E-state index in [0.717, 1.165) is 23.7 Å². The molecule has 4 heteroatoms. The van der Waals surface area contributed by atoms with Crippen LogP contribution >= 0.6 is 15.9 Å². The zero-order chi connectivity index (χ0) is 14.6. The van der Waals surface area contributed by atoms with Gasteiger partial charge in [0.1, 0.15) is 0 Å². The first-order chi connectivity index (χ1) is 10.2. The van der Waals surface area contributed by atoms with Gasteiger partial charge < -0.3 is 9.64 Å². The molecule has 0 spiro atoms. The topological polar surface area (TPSA) is 29.5 Å². The molecule has 1 amide bonds. The van der Waals surface area contributed by atoms with E-state index in [1.165, 1.54) is 32.1 Å². The molecule has 0 radical (unpaired) electrons. The summed E-state index contributed by atoms with van der Waals surface area (Å²) >= 11 is 3.50. The molecule has 21 heavy (non-hydrogen) atoms. The molecular formula is C17H26BrNO2. The number of nitrogens with zero attached hydrogens (tertiary/aromatic N) is 1. The maximum absolute atomic E-state index is 13.2. The Hall–Kier alpha value is -0.0900. The van der Waals surface area contributed by atoms with E-state index in [2.05, 4.69) is 27.8 Å². The van der Waals surface area contributed by atoms with Gasteiger partial charge in [-0.05, 0) is 62.7 Å². The molecule has 5 rings (SSSR count). The maximum Gasteiger partial charge on any atom is 0.226 e. The summed E-state index contributed by atoms with van der Waals surface area (Å²) in [7, 11) is 0. The minimum atomic E-state index is 0.169. The van der Waals surface area contributed by atoms with Crippen molar-refractivity contribution in [3.63, 3.8) is 0 Å². The van der Waals surface area contributed by atoms with Crippen molar-refractivity contribution in [2.24, 2.45) is 29.6 Å². The Labute approximate surface area is 135 Å². The van der Waals surface area contributed by atoms with Crippen LogP contribution in [-0.4, -0.2) is 41.4 Å². The number of halogens is 1. The monoisotopic (exact) mass is 355 g/mol. The van der Waals surface area contributed by atoms with Gasteiger partial charge in [-0.3, -0.25) is 4.79 Å². The SMILES string of the molecule is CC1COC(CBr)CN1C(=O)C1C2CC3CC(C2)CC1C3. The maximum atomic E-state index is 13.2. The molecule has 2 unspecified atom stereocenters. The number of hydrogen-bond donors (Lipinski definition) is 0. The molecule has 1 saturated heterocycles. The first kappa shape index (κ1) is 14.5. The second-order valence-corrected chi connectivity index (χ2v) is 8.55. The van der Waals surface area contributed by atoms with Crippen molar-refractivity contribution in [2.45, 2.75) is 51.2 Å². The highest BCUT2D eigenvalue weighted by atomic mass is 79.9. The van der Waals surface area contributed by atoms with E-state index in [1.54, 1.807) is 0 Å². The lowest BCUT2D eigenvalue weighted by atomic mass is 9.51. The summed E-state index contributed by atoms with van der Waals surface area (Å²) in [6.07, 6.45) is 6.91. The molecule has 3 nitrogen and oxygen atoms in total. The summed E-state index contributed by atoms with van der Waals surface area (Å²) in [5.41, 5.74) is 0. The fourth-order valence-corrected chi connectivity index (χ4v) is 6.13. The second-order valence-electron chi connectivity index (χ2n) is 7.91. The van der Waals surface area contributed by atoms with E-state index in [1.807, 2.05) is 0 Å². The smallest absolute Gasteiger partial charge is 0.226 e. The zero-order valence-corrected chi connectivity index (χ0v) is 14.4. The van der Waals surface area contributed by atoms with Crippen LogP contribution in [-0.2, 0) is 9.53 Å². The summed E-state index contributed by atoms with van der Waals surface area (Å²) in [5, 5.41) is 0.825. The minimum absolute atomic E-state index is 0.169. The number of alkyl halides is 1. The summed E-state index contributed by atoms with van der Waals surface area (Å²) < 4.78 is 5.78. The first-order valence-electron chi connectivity index (χ1n) is 8.63. The van der Waals surface area contributed by atoms with Crippen LogP contribution < -0.4 is 0 Å². The van der Waals surface area contributed by atoms with Crippen LogP contribution in [0.4, 0.5) is 0 Å². The average Bonchev–Trinajstić information content (AvgIpc) is 2.46. The van der Waals surface area contributed by atoms with Crippen LogP contribution in [0, 0.1) is 29.6 Å². The van der Waals surface area contributed by atoms with E-state index in [0.29, 0.717) is 30.3 Å². The van der Waals surface area contributed by atoms with Crippen molar-refractivity contribution < 1.29 is 9.53 Å². The van der Waals surface area contributed by atoms with Crippen molar-refractivity contribution in [2.75, 3.05) is 18.5 Å². The molecule has 4 aliphatic carbocycles. The van der Waals surface area contributed by atoms with Crippen molar-refractivity contribution in [1.82, 2.24) is 4.90 Å². The summed E-state index contributed by atoms with van der Waals surface area (Å²) in [6.45, 7) is 3.60. The molecule has 1 aliphatic heterocycles. The summed E-state index contributed by atoms with van der Waals surface area (Å²) in [6, 6.07) is 0.241. The van der Waals surface area contributed by atoms with E-state index < -0.39 is 0 Å². The van der Waals surface area contributed by atoms with Gasteiger partial charge in [0.15, 0.2) is 0 Å². The van der Waals surface area contributed by atoms with Crippen LogP contribution in [0.25, 0.3) is 0 Å². The van der Waals surface area contributed by atoms with Crippen LogP contribution in [0.3, 0.4) is 0 Å². The van der Waals surface area contributed by atoms with Gasteiger partial charge >= 0.3 is 0 Å². The Morgan fingerprint density at radius 2 is 1.76 bits per heavy atom. The lowest BCUT2D eigenvalue weighted by Crippen LogP contribution is -2.57. The summed E-state index contributed by atoms with van der Waals surface area (Å²) in [5.74, 6) is 4.03. The molecule has 2 atom stereocenters. The lowest BCUT2D eigenvalue weighted by Gasteiger charge is -2.55.